The summed E-state index contributed by atoms with van der Waals surface area (Å²) < 4.78 is 11.9. The van der Waals surface area contributed by atoms with Crippen LogP contribution in [-0.4, -0.2) is 41.1 Å². The molecule has 0 spiro atoms. The lowest BCUT2D eigenvalue weighted by Crippen LogP contribution is -2.39. The van der Waals surface area contributed by atoms with Gasteiger partial charge in [-0.25, -0.2) is 4.98 Å². The Morgan fingerprint density at radius 2 is 1.79 bits per heavy atom. The monoisotopic (exact) mass is 448 g/mol. The summed E-state index contributed by atoms with van der Waals surface area (Å²) in [6.07, 6.45) is 0.614. The lowest BCUT2D eigenvalue weighted by atomic mass is 10.1. The number of hydrogen-bond donors (Lipinski definition) is 1. The molecule has 8 heteroatoms. The van der Waals surface area contributed by atoms with Gasteiger partial charge < -0.3 is 14.8 Å². The van der Waals surface area contributed by atoms with Gasteiger partial charge in [0.05, 0.1) is 19.9 Å². The zero-order chi connectivity index (χ0) is 23.4. The molecule has 0 atom stereocenters. The number of fused-ring (bicyclic) bond motifs is 1. The van der Waals surface area contributed by atoms with E-state index in [0.29, 0.717) is 41.5 Å². The number of nitrogens with one attached hydrogen (secondary N) is 1. The lowest BCUT2D eigenvalue weighted by molar-refractivity contribution is -0.116. The molecule has 1 amide bonds. The first-order valence-corrected chi connectivity index (χ1v) is 10.8. The van der Waals surface area contributed by atoms with Gasteiger partial charge >= 0.3 is 0 Å². The second-order valence-electron chi connectivity index (χ2n) is 8.07. The maximum atomic E-state index is 13.2. The fourth-order valence-electron chi connectivity index (χ4n) is 4.09. The highest BCUT2D eigenvalue weighted by Crippen LogP contribution is 2.25. The summed E-state index contributed by atoms with van der Waals surface area (Å²) in [5.74, 6) is 1.33. The van der Waals surface area contributed by atoms with Crippen molar-refractivity contribution in [2.24, 2.45) is 0 Å². The summed E-state index contributed by atoms with van der Waals surface area (Å²) in [6.45, 7) is 3.86. The molecule has 0 bridgehead atoms. The van der Waals surface area contributed by atoms with E-state index in [2.05, 4.69) is 27.3 Å². The molecular formula is C25H28N4O4. The first-order chi connectivity index (χ1) is 16.0. The molecule has 1 N–H and O–H groups in total. The molecule has 1 aliphatic heterocycles. The van der Waals surface area contributed by atoms with Gasteiger partial charge in [-0.15, -0.1) is 0 Å². The van der Waals surface area contributed by atoms with E-state index >= 15 is 0 Å². The number of aromatic nitrogens is 2. The Labute approximate surface area is 192 Å². The molecule has 0 aliphatic carbocycles. The maximum absolute atomic E-state index is 13.2. The molecular weight excluding hydrogens is 420 g/mol. The van der Waals surface area contributed by atoms with Crippen molar-refractivity contribution < 1.29 is 14.3 Å². The number of nitrogens with zero attached hydrogens (tertiary/aromatic N) is 3. The fraction of sp³-hybridized carbons (Fsp3) is 0.320. The minimum atomic E-state index is -0.321. The normalized spacial score (nSPS) is 13.3. The Morgan fingerprint density at radius 1 is 1.09 bits per heavy atom. The highest BCUT2D eigenvalue weighted by Gasteiger charge is 2.23. The summed E-state index contributed by atoms with van der Waals surface area (Å²) in [7, 11) is 3.09. The molecule has 8 nitrogen and oxygen atoms in total. The molecule has 172 valence electrons. The van der Waals surface area contributed by atoms with E-state index in [1.165, 1.54) is 10.1 Å². The number of hydrogen-bond acceptors (Lipinski definition) is 6. The van der Waals surface area contributed by atoms with E-state index in [4.69, 9.17) is 9.47 Å². The van der Waals surface area contributed by atoms with Gasteiger partial charge in [0, 0.05) is 49.1 Å². The van der Waals surface area contributed by atoms with Gasteiger partial charge in [-0.3, -0.25) is 19.1 Å². The van der Waals surface area contributed by atoms with Crippen molar-refractivity contribution in [1.82, 2.24) is 14.5 Å². The van der Waals surface area contributed by atoms with Crippen LogP contribution in [0.4, 0.5) is 5.69 Å². The quantitative estimate of drug-likeness (QED) is 0.598. The van der Waals surface area contributed by atoms with Crippen LogP contribution in [0.1, 0.15) is 22.6 Å². The van der Waals surface area contributed by atoms with E-state index in [1.807, 2.05) is 18.2 Å². The third-order valence-electron chi connectivity index (χ3n) is 5.78. The lowest BCUT2D eigenvalue weighted by Gasteiger charge is -2.28. The van der Waals surface area contributed by atoms with Crippen molar-refractivity contribution in [2.75, 3.05) is 26.1 Å². The van der Waals surface area contributed by atoms with Crippen molar-refractivity contribution in [3.63, 3.8) is 0 Å². The molecule has 1 aliphatic rings. The fourth-order valence-corrected chi connectivity index (χ4v) is 4.09. The molecule has 2 heterocycles. The van der Waals surface area contributed by atoms with Crippen molar-refractivity contribution in [2.45, 2.75) is 33.0 Å². The Hall–Kier alpha value is -3.65. The molecule has 0 saturated heterocycles. The van der Waals surface area contributed by atoms with Crippen LogP contribution in [0, 0.1) is 6.92 Å². The second-order valence-corrected chi connectivity index (χ2v) is 8.07. The Kier molecular flexibility index (Phi) is 6.74. The zero-order valence-electron chi connectivity index (χ0n) is 19.1. The summed E-state index contributed by atoms with van der Waals surface area (Å²) >= 11 is 0. The van der Waals surface area contributed by atoms with E-state index in [9.17, 15) is 9.59 Å². The molecule has 4 rings (SSSR count). The van der Waals surface area contributed by atoms with E-state index in [1.54, 1.807) is 39.3 Å². The van der Waals surface area contributed by atoms with E-state index in [0.717, 1.165) is 18.8 Å². The van der Waals surface area contributed by atoms with Gasteiger partial charge in [0.1, 0.15) is 23.9 Å². The van der Waals surface area contributed by atoms with Gasteiger partial charge in [-0.1, -0.05) is 30.3 Å². The van der Waals surface area contributed by atoms with Crippen LogP contribution in [0.25, 0.3) is 0 Å². The molecule has 0 unspecified atom stereocenters. The van der Waals surface area contributed by atoms with Gasteiger partial charge in [0.25, 0.3) is 5.56 Å². The molecule has 33 heavy (non-hydrogen) atoms. The number of ether oxygens (including phenoxy) is 2. The minimum absolute atomic E-state index is 0.113. The Balaban J connectivity index is 1.49. The van der Waals surface area contributed by atoms with Crippen LogP contribution >= 0.6 is 0 Å². The van der Waals surface area contributed by atoms with E-state index < -0.39 is 0 Å². The zero-order valence-corrected chi connectivity index (χ0v) is 19.1. The van der Waals surface area contributed by atoms with Crippen molar-refractivity contribution in [3.8, 4) is 11.5 Å². The summed E-state index contributed by atoms with van der Waals surface area (Å²) in [6, 6.07) is 15.4. The first kappa shape index (κ1) is 22.5. The number of benzene rings is 2. The highest BCUT2D eigenvalue weighted by atomic mass is 16.5. The summed E-state index contributed by atoms with van der Waals surface area (Å²) in [5.41, 5.74) is 3.12. The predicted molar refractivity (Wildman–Crippen MR) is 126 cm³/mol. The molecule has 3 aromatic rings. The van der Waals surface area contributed by atoms with Gasteiger partial charge in [0.15, 0.2) is 0 Å². The molecule has 0 radical (unpaired) electrons. The first-order valence-electron chi connectivity index (χ1n) is 10.8. The standard InChI is InChI=1S/C25H28N4O4/c1-17-26-23-15-28(14-18-7-5-4-6-8-18)10-9-22(23)25(31)29(17)16-24(30)27-19-11-20(32-2)13-21(12-19)33-3/h4-8,11-13H,9-10,14-16H2,1-3H3,(H,27,30). The molecule has 2 aromatic carbocycles. The largest absolute Gasteiger partial charge is 0.497 e. The van der Waals surface area contributed by atoms with Crippen LogP contribution in [0.5, 0.6) is 11.5 Å². The average molecular weight is 449 g/mol. The predicted octanol–water partition coefficient (Wildman–Crippen LogP) is 2.77. The number of rotatable bonds is 7. The number of methoxy groups -OCH3 is 2. The van der Waals surface area contributed by atoms with Crippen LogP contribution < -0.4 is 20.3 Å². The van der Waals surface area contributed by atoms with Crippen molar-refractivity contribution >= 4 is 11.6 Å². The number of anilines is 1. The van der Waals surface area contributed by atoms with Crippen LogP contribution in [0.15, 0.2) is 53.3 Å². The highest BCUT2D eigenvalue weighted by molar-refractivity contribution is 5.91. The number of amides is 1. The molecule has 0 saturated carbocycles. The second kappa shape index (κ2) is 9.87. The third-order valence-corrected chi connectivity index (χ3v) is 5.78. The SMILES string of the molecule is COc1cc(NC(=O)Cn2c(C)nc3c(c2=O)CCN(Cc2ccccc2)C3)cc(OC)c1. The van der Waals surface area contributed by atoms with Crippen molar-refractivity contribution in [3.05, 3.63) is 81.5 Å². The van der Waals surface area contributed by atoms with Gasteiger partial charge in [-0.05, 0) is 18.9 Å². The Morgan fingerprint density at radius 3 is 2.45 bits per heavy atom. The third kappa shape index (κ3) is 5.23. The topological polar surface area (TPSA) is 85.7 Å². The number of carbonyl (C=O) groups excluding carboxylic acids is 1. The molecule has 0 fully saturated rings. The maximum Gasteiger partial charge on any atom is 0.257 e. The van der Waals surface area contributed by atoms with Crippen molar-refractivity contribution in [1.29, 1.82) is 0 Å². The van der Waals surface area contributed by atoms with Crippen LogP contribution in [0.3, 0.4) is 0 Å². The number of aryl methyl sites for hydroxylation is 1. The number of carbonyl (C=O) groups is 1. The van der Waals surface area contributed by atoms with E-state index in [-0.39, 0.29) is 18.0 Å². The smallest absolute Gasteiger partial charge is 0.257 e. The summed E-state index contributed by atoms with van der Waals surface area (Å²) in [4.78, 5) is 32.9. The van der Waals surface area contributed by atoms with Gasteiger partial charge in [-0.2, -0.15) is 0 Å². The van der Waals surface area contributed by atoms with Gasteiger partial charge in [0.2, 0.25) is 5.91 Å². The minimum Gasteiger partial charge on any atom is -0.497 e. The summed E-state index contributed by atoms with van der Waals surface area (Å²) in [5, 5.41) is 2.81. The van der Waals surface area contributed by atoms with Crippen LogP contribution in [-0.2, 0) is 30.8 Å². The Bertz CT molecular complexity index is 1180. The van der Waals surface area contributed by atoms with Crippen LogP contribution in [0.2, 0.25) is 0 Å². The molecule has 1 aromatic heterocycles. The average Bonchev–Trinajstić information content (AvgIpc) is 2.82.